The average Bonchev–Trinajstić information content (AvgIpc) is 2.67. The van der Waals surface area contributed by atoms with Gasteiger partial charge in [0.1, 0.15) is 0 Å². The van der Waals surface area contributed by atoms with Crippen LogP contribution >= 0.6 is 0 Å². The molecule has 2 aliphatic rings. The van der Waals surface area contributed by atoms with Gasteiger partial charge in [0.25, 0.3) is 0 Å². The maximum Gasteiger partial charge on any atom is 0 e. The van der Waals surface area contributed by atoms with Gasteiger partial charge in [0, 0.05) is 17.1 Å². The molecule has 1 heteroatoms. The molecule has 2 aliphatic carbocycles. The first kappa shape index (κ1) is 11.5. The Bertz CT molecular complexity index is 38.1. The quantitative estimate of drug-likeness (QED) is 0.515. The normalized spacial score (nSPS) is 21.8. The molecule has 0 aliphatic heterocycles. The van der Waals surface area contributed by atoms with Gasteiger partial charge >= 0.3 is 0 Å². The van der Waals surface area contributed by atoms with Gasteiger partial charge in [0.05, 0.1) is 0 Å². The molecule has 0 nitrogen and oxygen atoms in total. The van der Waals surface area contributed by atoms with Crippen LogP contribution in [0.1, 0.15) is 64.2 Å². The minimum atomic E-state index is 0. The Kier molecular flexibility index (Phi) is 9.02. The molecule has 0 aromatic rings. The van der Waals surface area contributed by atoms with E-state index < -0.39 is 0 Å². The van der Waals surface area contributed by atoms with Crippen LogP contribution in [0.3, 0.4) is 0 Å². The fourth-order valence-corrected chi connectivity index (χ4v) is 1.77. The zero-order chi connectivity index (χ0) is 7.07. The number of hydrogen-bond acceptors (Lipinski definition) is 0. The van der Waals surface area contributed by atoms with Gasteiger partial charge in [-0.05, 0) is 0 Å². The topological polar surface area (TPSA) is 0 Å². The van der Waals surface area contributed by atoms with Crippen LogP contribution in [0.5, 0.6) is 0 Å². The summed E-state index contributed by atoms with van der Waals surface area (Å²) < 4.78 is 0. The molecule has 0 unspecified atom stereocenters. The van der Waals surface area contributed by atoms with Gasteiger partial charge in [0.15, 0.2) is 0 Å². The first-order valence-corrected chi connectivity index (χ1v) is 5.00. The SMILES string of the molecule is C1CCCC1.C1CCCC1.[Fe]. The maximum atomic E-state index is 1.50. The summed E-state index contributed by atoms with van der Waals surface area (Å²) in [6.07, 6.45) is 15.0. The maximum absolute atomic E-state index is 1.50. The van der Waals surface area contributed by atoms with Gasteiger partial charge in [-0.15, -0.1) is 0 Å². The molecule has 0 amide bonds. The van der Waals surface area contributed by atoms with E-state index in [2.05, 4.69) is 0 Å². The summed E-state index contributed by atoms with van der Waals surface area (Å²) in [6.45, 7) is 0. The third-order valence-electron chi connectivity index (χ3n) is 2.50. The molecular formula is C10H20Fe. The molecule has 2 saturated carbocycles. The Balaban J connectivity index is 0.000000167. The van der Waals surface area contributed by atoms with E-state index in [-0.39, 0.29) is 17.1 Å². The summed E-state index contributed by atoms with van der Waals surface area (Å²) in [5.41, 5.74) is 0. The van der Waals surface area contributed by atoms with Crippen molar-refractivity contribution in [3.05, 3.63) is 0 Å². The van der Waals surface area contributed by atoms with Crippen LogP contribution < -0.4 is 0 Å². The van der Waals surface area contributed by atoms with Gasteiger partial charge in [0.2, 0.25) is 0 Å². The van der Waals surface area contributed by atoms with E-state index in [0.29, 0.717) is 0 Å². The van der Waals surface area contributed by atoms with Gasteiger partial charge in [-0.2, -0.15) is 0 Å². The molecule has 0 saturated heterocycles. The third-order valence-corrected chi connectivity index (χ3v) is 2.50. The average molecular weight is 196 g/mol. The van der Waals surface area contributed by atoms with Crippen LogP contribution in [0.25, 0.3) is 0 Å². The van der Waals surface area contributed by atoms with Crippen molar-refractivity contribution in [3.8, 4) is 0 Å². The largest absolute Gasteiger partial charge is 0.0533 e. The van der Waals surface area contributed by atoms with E-state index >= 15 is 0 Å². The predicted molar refractivity (Wildman–Crippen MR) is 46.2 cm³/mol. The molecule has 68 valence electrons. The summed E-state index contributed by atoms with van der Waals surface area (Å²) in [4.78, 5) is 0. The Hall–Kier alpha value is 0.519. The van der Waals surface area contributed by atoms with Gasteiger partial charge in [-0.3, -0.25) is 0 Å². The van der Waals surface area contributed by atoms with E-state index in [1.54, 1.807) is 0 Å². The number of rotatable bonds is 0. The van der Waals surface area contributed by atoms with E-state index in [9.17, 15) is 0 Å². The smallest absolute Gasteiger partial charge is 0 e. The first-order chi connectivity index (χ1) is 5.00. The van der Waals surface area contributed by atoms with Gasteiger partial charge < -0.3 is 0 Å². The van der Waals surface area contributed by atoms with Crippen molar-refractivity contribution in [2.24, 2.45) is 0 Å². The summed E-state index contributed by atoms with van der Waals surface area (Å²) >= 11 is 0. The molecule has 0 radical (unpaired) electrons. The standard InChI is InChI=1S/2C5H10.Fe/c2*1-2-4-5-3-1;/h2*1-5H2;. The molecule has 0 spiro atoms. The second-order valence-corrected chi connectivity index (χ2v) is 3.54. The van der Waals surface area contributed by atoms with Crippen LogP contribution in [-0.2, 0) is 17.1 Å². The Labute approximate surface area is 81.6 Å². The zero-order valence-electron chi connectivity index (χ0n) is 7.42. The minimum Gasteiger partial charge on any atom is -0.0533 e. The van der Waals surface area contributed by atoms with E-state index in [1.807, 2.05) is 0 Å². The summed E-state index contributed by atoms with van der Waals surface area (Å²) in [5.74, 6) is 0. The van der Waals surface area contributed by atoms with E-state index in [1.165, 1.54) is 64.2 Å². The van der Waals surface area contributed by atoms with Gasteiger partial charge in [-0.1, -0.05) is 64.2 Å². The molecule has 11 heavy (non-hydrogen) atoms. The van der Waals surface area contributed by atoms with Crippen molar-refractivity contribution in [1.29, 1.82) is 0 Å². The van der Waals surface area contributed by atoms with Crippen molar-refractivity contribution in [2.45, 2.75) is 64.2 Å². The van der Waals surface area contributed by atoms with Crippen LogP contribution in [0, 0.1) is 0 Å². The second-order valence-electron chi connectivity index (χ2n) is 3.54. The van der Waals surface area contributed by atoms with Crippen molar-refractivity contribution < 1.29 is 17.1 Å². The van der Waals surface area contributed by atoms with E-state index in [0.717, 1.165) is 0 Å². The van der Waals surface area contributed by atoms with Crippen molar-refractivity contribution in [3.63, 3.8) is 0 Å². The predicted octanol–water partition coefficient (Wildman–Crippen LogP) is 3.90. The molecule has 2 rings (SSSR count). The van der Waals surface area contributed by atoms with Gasteiger partial charge in [-0.25, -0.2) is 0 Å². The minimum absolute atomic E-state index is 0. The third kappa shape index (κ3) is 6.90. The van der Waals surface area contributed by atoms with Crippen LogP contribution in [0.15, 0.2) is 0 Å². The van der Waals surface area contributed by atoms with Crippen molar-refractivity contribution >= 4 is 0 Å². The van der Waals surface area contributed by atoms with Crippen LogP contribution in [0.2, 0.25) is 0 Å². The monoisotopic (exact) mass is 196 g/mol. The summed E-state index contributed by atoms with van der Waals surface area (Å²) in [5, 5.41) is 0. The Morgan fingerprint density at radius 3 is 0.455 bits per heavy atom. The fraction of sp³-hybridized carbons (Fsp3) is 1.00. The molecule has 0 aromatic heterocycles. The zero-order valence-corrected chi connectivity index (χ0v) is 8.53. The molecular weight excluding hydrogens is 176 g/mol. The molecule has 0 atom stereocenters. The molecule has 0 bridgehead atoms. The van der Waals surface area contributed by atoms with Crippen LogP contribution in [-0.4, -0.2) is 0 Å². The first-order valence-electron chi connectivity index (χ1n) is 5.00. The molecule has 0 N–H and O–H groups in total. The second kappa shape index (κ2) is 8.61. The fourth-order valence-electron chi connectivity index (χ4n) is 1.77. The van der Waals surface area contributed by atoms with Crippen molar-refractivity contribution in [1.82, 2.24) is 0 Å². The van der Waals surface area contributed by atoms with Crippen molar-refractivity contribution in [2.75, 3.05) is 0 Å². The summed E-state index contributed by atoms with van der Waals surface area (Å²) in [7, 11) is 0. The molecule has 0 aromatic carbocycles. The van der Waals surface area contributed by atoms with E-state index in [4.69, 9.17) is 0 Å². The number of hydrogen-bond donors (Lipinski definition) is 0. The molecule has 2 fully saturated rings. The van der Waals surface area contributed by atoms with Crippen LogP contribution in [0.4, 0.5) is 0 Å². The Morgan fingerprint density at radius 1 is 0.273 bits per heavy atom. The Morgan fingerprint density at radius 2 is 0.364 bits per heavy atom. The summed E-state index contributed by atoms with van der Waals surface area (Å²) in [6, 6.07) is 0. The molecule has 0 heterocycles.